The van der Waals surface area contributed by atoms with Crippen LogP contribution >= 0.6 is 12.2 Å². The van der Waals surface area contributed by atoms with Gasteiger partial charge in [-0.25, -0.2) is 0 Å². The summed E-state index contributed by atoms with van der Waals surface area (Å²) in [7, 11) is 0. The number of rotatable bonds is 4. The van der Waals surface area contributed by atoms with E-state index in [1.165, 1.54) is 16.7 Å². The predicted octanol–water partition coefficient (Wildman–Crippen LogP) is 5.17. The summed E-state index contributed by atoms with van der Waals surface area (Å²) in [6, 6.07) is 17.1. The van der Waals surface area contributed by atoms with Crippen molar-refractivity contribution in [3.8, 4) is 0 Å². The molecule has 2 aromatic carbocycles. The highest BCUT2D eigenvalue weighted by molar-refractivity contribution is 7.80. The summed E-state index contributed by atoms with van der Waals surface area (Å²) in [4.78, 5) is 0. The minimum atomic E-state index is 0.176. The Kier molecular flexibility index (Phi) is 5.56. The van der Waals surface area contributed by atoms with Crippen molar-refractivity contribution in [3.05, 3.63) is 65.2 Å². The highest BCUT2D eigenvalue weighted by Crippen LogP contribution is 2.18. The van der Waals surface area contributed by atoms with Gasteiger partial charge in [0.15, 0.2) is 5.11 Å². The van der Waals surface area contributed by atoms with Crippen molar-refractivity contribution >= 4 is 23.0 Å². The quantitative estimate of drug-likeness (QED) is 0.762. The van der Waals surface area contributed by atoms with E-state index in [9.17, 15) is 0 Å². The van der Waals surface area contributed by atoms with Crippen LogP contribution in [-0.4, -0.2) is 5.11 Å². The molecule has 0 aliphatic carbocycles. The van der Waals surface area contributed by atoms with Crippen LogP contribution in [0.4, 0.5) is 5.69 Å². The van der Waals surface area contributed by atoms with Crippen LogP contribution in [0.25, 0.3) is 0 Å². The SMILES string of the molecule is Cc1ccc([C@@H](C)NC(=S)Nc2ccc(C(C)C)cc2)cc1. The van der Waals surface area contributed by atoms with Crippen LogP contribution in [0.5, 0.6) is 0 Å². The normalized spacial score (nSPS) is 12.0. The number of anilines is 1. The van der Waals surface area contributed by atoms with Gasteiger partial charge in [0.2, 0.25) is 0 Å². The van der Waals surface area contributed by atoms with Crippen LogP contribution in [-0.2, 0) is 0 Å². The van der Waals surface area contributed by atoms with Gasteiger partial charge in [-0.05, 0) is 55.2 Å². The molecule has 0 bridgehead atoms. The van der Waals surface area contributed by atoms with Crippen molar-refractivity contribution < 1.29 is 0 Å². The zero-order valence-electron chi connectivity index (χ0n) is 13.7. The molecule has 0 spiro atoms. The molecule has 1 atom stereocenters. The molecule has 116 valence electrons. The molecular formula is C19H24N2S. The fraction of sp³-hybridized carbons (Fsp3) is 0.316. The fourth-order valence-electron chi connectivity index (χ4n) is 2.25. The van der Waals surface area contributed by atoms with E-state index in [2.05, 4.69) is 86.9 Å². The molecule has 2 N–H and O–H groups in total. The molecular weight excluding hydrogens is 288 g/mol. The lowest BCUT2D eigenvalue weighted by Gasteiger charge is -2.18. The smallest absolute Gasteiger partial charge is 0.171 e. The van der Waals surface area contributed by atoms with E-state index in [1.807, 2.05) is 0 Å². The van der Waals surface area contributed by atoms with E-state index in [0.717, 1.165) is 5.69 Å². The van der Waals surface area contributed by atoms with E-state index in [0.29, 0.717) is 11.0 Å². The lowest BCUT2D eigenvalue weighted by molar-refractivity contribution is 0.722. The largest absolute Gasteiger partial charge is 0.356 e. The lowest BCUT2D eigenvalue weighted by atomic mass is 10.0. The van der Waals surface area contributed by atoms with E-state index in [-0.39, 0.29) is 6.04 Å². The molecule has 0 fully saturated rings. The van der Waals surface area contributed by atoms with Gasteiger partial charge in [-0.1, -0.05) is 55.8 Å². The monoisotopic (exact) mass is 312 g/mol. The van der Waals surface area contributed by atoms with Gasteiger partial charge < -0.3 is 10.6 Å². The van der Waals surface area contributed by atoms with Crippen LogP contribution in [0, 0.1) is 6.92 Å². The van der Waals surface area contributed by atoms with Crippen LogP contribution < -0.4 is 10.6 Å². The third-order valence-corrected chi connectivity index (χ3v) is 3.98. The second-order valence-electron chi connectivity index (χ2n) is 6.01. The first-order chi connectivity index (χ1) is 10.5. The van der Waals surface area contributed by atoms with E-state index in [1.54, 1.807) is 0 Å². The Morgan fingerprint density at radius 3 is 1.95 bits per heavy atom. The third-order valence-electron chi connectivity index (χ3n) is 3.76. The molecule has 0 saturated carbocycles. The summed E-state index contributed by atoms with van der Waals surface area (Å²) >= 11 is 5.40. The van der Waals surface area contributed by atoms with Crippen molar-refractivity contribution in [2.24, 2.45) is 0 Å². The standard InChI is InChI=1S/C19H24N2S/c1-13(2)16-9-11-18(12-10-16)21-19(22)20-15(4)17-7-5-14(3)6-8-17/h5-13,15H,1-4H3,(H2,20,21,22)/t15-/m1/s1. The summed E-state index contributed by atoms with van der Waals surface area (Å²) in [5, 5.41) is 7.21. The number of hydrogen-bond acceptors (Lipinski definition) is 1. The number of thiocarbonyl (C=S) groups is 1. The van der Waals surface area contributed by atoms with Gasteiger partial charge >= 0.3 is 0 Å². The Morgan fingerprint density at radius 2 is 1.41 bits per heavy atom. The summed E-state index contributed by atoms with van der Waals surface area (Å²) in [6.45, 7) is 8.59. The van der Waals surface area contributed by atoms with Gasteiger partial charge in [-0.3, -0.25) is 0 Å². The van der Waals surface area contributed by atoms with Crippen LogP contribution in [0.2, 0.25) is 0 Å². The number of aryl methyl sites for hydroxylation is 1. The van der Waals surface area contributed by atoms with Crippen LogP contribution in [0.15, 0.2) is 48.5 Å². The number of hydrogen-bond donors (Lipinski definition) is 2. The van der Waals surface area contributed by atoms with Gasteiger partial charge in [-0.15, -0.1) is 0 Å². The van der Waals surface area contributed by atoms with Crippen LogP contribution in [0.3, 0.4) is 0 Å². The predicted molar refractivity (Wildman–Crippen MR) is 99.5 cm³/mol. The van der Waals surface area contributed by atoms with Crippen molar-refractivity contribution in [2.45, 2.75) is 39.7 Å². The molecule has 2 aromatic rings. The second-order valence-corrected chi connectivity index (χ2v) is 6.42. The molecule has 0 aliphatic rings. The van der Waals surface area contributed by atoms with Crippen molar-refractivity contribution in [1.82, 2.24) is 5.32 Å². The minimum absolute atomic E-state index is 0.176. The maximum atomic E-state index is 5.40. The van der Waals surface area contributed by atoms with Crippen LogP contribution in [0.1, 0.15) is 49.4 Å². The second kappa shape index (κ2) is 7.41. The summed E-state index contributed by atoms with van der Waals surface area (Å²) in [5.41, 5.74) is 4.84. The third kappa shape index (κ3) is 4.57. The summed E-state index contributed by atoms with van der Waals surface area (Å²) < 4.78 is 0. The molecule has 0 unspecified atom stereocenters. The Hall–Kier alpha value is -1.87. The average Bonchev–Trinajstić information content (AvgIpc) is 2.48. The molecule has 0 heterocycles. The van der Waals surface area contributed by atoms with Gasteiger partial charge in [0, 0.05) is 5.69 Å². The first-order valence-electron chi connectivity index (χ1n) is 7.69. The molecule has 2 nitrogen and oxygen atoms in total. The first kappa shape index (κ1) is 16.5. The van der Waals surface area contributed by atoms with Crippen molar-refractivity contribution in [1.29, 1.82) is 0 Å². The van der Waals surface area contributed by atoms with Crippen molar-refractivity contribution in [2.75, 3.05) is 5.32 Å². The number of benzene rings is 2. The average molecular weight is 312 g/mol. The Bertz CT molecular complexity index is 615. The first-order valence-corrected chi connectivity index (χ1v) is 8.10. The zero-order chi connectivity index (χ0) is 16.1. The minimum Gasteiger partial charge on any atom is -0.356 e. The maximum absolute atomic E-state index is 5.40. The van der Waals surface area contributed by atoms with E-state index in [4.69, 9.17) is 12.2 Å². The van der Waals surface area contributed by atoms with Crippen molar-refractivity contribution in [3.63, 3.8) is 0 Å². The maximum Gasteiger partial charge on any atom is 0.171 e. The number of nitrogens with one attached hydrogen (secondary N) is 2. The van der Waals surface area contributed by atoms with Gasteiger partial charge in [0.1, 0.15) is 0 Å². The molecule has 2 rings (SSSR count). The molecule has 3 heteroatoms. The lowest BCUT2D eigenvalue weighted by Crippen LogP contribution is -2.30. The highest BCUT2D eigenvalue weighted by atomic mass is 32.1. The van der Waals surface area contributed by atoms with Gasteiger partial charge in [-0.2, -0.15) is 0 Å². The van der Waals surface area contributed by atoms with Gasteiger partial charge in [0.25, 0.3) is 0 Å². The fourth-order valence-corrected chi connectivity index (χ4v) is 2.55. The molecule has 0 aliphatic heterocycles. The molecule has 0 aromatic heterocycles. The topological polar surface area (TPSA) is 24.1 Å². The molecule has 0 saturated heterocycles. The molecule has 22 heavy (non-hydrogen) atoms. The molecule has 0 amide bonds. The Morgan fingerprint density at radius 1 is 0.864 bits per heavy atom. The van der Waals surface area contributed by atoms with E-state index >= 15 is 0 Å². The Balaban J connectivity index is 1.93. The Labute approximate surface area is 139 Å². The summed E-state index contributed by atoms with van der Waals surface area (Å²) in [5.74, 6) is 0.542. The molecule has 0 radical (unpaired) electrons. The summed E-state index contributed by atoms with van der Waals surface area (Å²) in [6.07, 6.45) is 0. The van der Waals surface area contributed by atoms with Gasteiger partial charge in [0.05, 0.1) is 6.04 Å². The zero-order valence-corrected chi connectivity index (χ0v) is 14.5. The van der Waals surface area contributed by atoms with E-state index < -0.39 is 0 Å². The highest BCUT2D eigenvalue weighted by Gasteiger charge is 2.07.